The molecule has 0 saturated carbocycles. The number of hydrogen-bond acceptors (Lipinski definition) is 8. The zero-order chi connectivity index (χ0) is 22.9. The van der Waals surface area contributed by atoms with Crippen molar-refractivity contribution in [3.8, 4) is 6.07 Å². The van der Waals surface area contributed by atoms with Crippen molar-refractivity contribution in [2.75, 3.05) is 44.7 Å². The number of carbonyl (C=O) groups is 2. The molecule has 0 bridgehead atoms. The number of pyridine rings is 1. The lowest BCUT2D eigenvalue weighted by Gasteiger charge is -2.36. The molecule has 0 aliphatic carbocycles. The van der Waals surface area contributed by atoms with Gasteiger partial charge in [0.25, 0.3) is 11.5 Å². The number of anilines is 1. The lowest BCUT2D eigenvalue weighted by molar-refractivity contribution is -0.140. The van der Waals surface area contributed by atoms with Gasteiger partial charge in [-0.25, -0.2) is 0 Å². The van der Waals surface area contributed by atoms with E-state index in [4.69, 9.17) is 17.3 Å². The Morgan fingerprint density at radius 2 is 1.94 bits per heavy atom. The maximum absolute atomic E-state index is 13.0. The molecule has 31 heavy (non-hydrogen) atoms. The second kappa shape index (κ2) is 9.21. The Labute approximate surface area is 189 Å². The number of aromatic nitrogens is 1. The Bertz CT molecular complexity index is 1080. The van der Waals surface area contributed by atoms with E-state index in [1.54, 1.807) is 17.6 Å². The first-order valence-electron chi connectivity index (χ1n) is 9.77. The first kappa shape index (κ1) is 23.0. The highest BCUT2D eigenvalue weighted by molar-refractivity contribution is 8.26. The number of hydrogen-bond donors (Lipinski definition) is 1. The van der Waals surface area contributed by atoms with Crippen LogP contribution in [0.5, 0.6) is 0 Å². The third-order valence-electron chi connectivity index (χ3n) is 5.41. The minimum atomic E-state index is -1.15. The van der Waals surface area contributed by atoms with Crippen LogP contribution < -0.4 is 10.5 Å². The lowest BCUT2D eigenvalue weighted by Crippen LogP contribution is -2.47. The Morgan fingerprint density at radius 1 is 1.29 bits per heavy atom. The summed E-state index contributed by atoms with van der Waals surface area (Å²) in [4.78, 5) is 42.5. The molecule has 0 spiro atoms. The molecule has 0 unspecified atom stereocenters. The molecule has 2 aliphatic rings. The van der Waals surface area contributed by atoms with Crippen molar-refractivity contribution in [3.63, 3.8) is 0 Å². The van der Waals surface area contributed by atoms with Gasteiger partial charge in [-0.3, -0.25) is 23.9 Å². The van der Waals surface area contributed by atoms with Crippen molar-refractivity contribution in [1.29, 1.82) is 5.26 Å². The molecule has 9 nitrogen and oxygen atoms in total. The summed E-state index contributed by atoms with van der Waals surface area (Å²) in [5, 5.41) is 18.7. The number of thioether (sulfide) groups is 1. The maximum Gasteiger partial charge on any atom is 0.323 e. The number of likely N-dealkylation sites (N-methyl/N-ethyl adjacent to an activating group) is 1. The van der Waals surface area contributed by atoms with Gasteiger partial charge in [0.1, 0.15) is 28.3 Å². The first-order chi connectivity index (χ1) is 14.7. The van der Waals surface area contributed by atoms with Crippen LogP contribution in [0.4, 0.5) is 5.82 Å². The summed E-state index contributed by atoms with van der Waals surface area (Å²) in [5.74, 6) is -0.979. The van der Waals surface area contributed by atoms with Crippen molar-refractivity contribution in [3.05, 3.63) is 31.9 Å². The van der Waals surface area contributed by atoms with Crippen LogP contribution in [0.1, 0.15) is 23.6 Å². The molecule has 1 aromatic rings. The normalized spacial score (nSPS) is 18.7. The van der Waals surface area contributed by atoms with Gasteiger partial charge in [0, 0.05) is 38.3 Å². The molecular weight excluding hydrogens is 438 g/mol. The minimum Gasteiger partial charge on any atom is -0.480 e. The van der Waals surface area contributed by atoms with Gasteiger partial charge >= 0.3 is 5.97 Å². The van der Waals surface area contributed by atoms with Crippen LogP contribution in [0.2, 0.25) is 0 Å². The van der Waals surface area contributed by atoms with Gasteiger partial charge in [0.15, 0.2) is 0 Å². The fourth-order valence-electron chi connectivity index (χ4n) is 3.70. The van der Waals surface area contributed by atoms with Crippen LogP contribution in [0.3, 0.4) is 0 Å². The number of carbonyl (C=O) groups excluding carboxylic acids is 1. The van der Waals surface area contributed by atoms with E-state index in [0.717, 1.165) is 29.8 Å². The van der Waals surface area contributed by atoms with E-state index in [-0.39, 0.29) is 20.3 Å². The van der Waals surface area contributed by atoms with Crippen LogP contribution in [0.15, 0.2) is 9.70 Å². The molecule has 2 fully saturated rings. The number of piperazine rings is 1. The zero-order valence-electron chi connectivity index (χ0n) is 17.5. The number of aliphatic carboxylic acids is 1. The highest BCUT2D eigenvalue weighted by atomic mass is 32.2. The summed E-state index contributed by atoms with van der Waals surface area (Å²) >= 11 is 6.21. The summed E-state index contributed by atoms with van der Waals surface area (Å²) in [6.07, 6.45) is 1.64. The molecule has 2 saturated heterocycles. The number of carboxylic acid groups (broad SMARTS) is 1. The van der Waals surface area contributed by atoms with Gasteiger partial charge in [-0.2, -0.15) is 5.26 Å². The van der Waals surface area contributed by atoms with Crippen molar-refractivity contribution >= 4 is 52.1 Å². The summed E-state index contributed by atoms with van der Waals surface area (Å²) in [6, 6.07) is 2.00. The fraction of sp³-hybridized carbons (Fsp3) is 0.450. The fourth-order valence-corrected chi connectivity index (χ4v) is 4.94. The van der Waals surface area contributed by atoms with Crippen molar-refractivity contribution in [2.45, 2.75) is 20.4 Å². The van der Waals surface area contributed by atoms with Gasteiger partial charge < -0.3 is 14.9 Å². The van der Waals surface area contributed by atoms with E-state index in [1.807, 2.05) is 20.0 Å². The average molecular weight is 462 g/mol. The van der Waals surface area contributed by atoms with E-state index < -0.39 is 18.4 Å². The quantitative estimate of drug-likeness (QED) is 0.509. The largest absolute Gasteiger partial charge is 0.480 e. The second-order valence-electron chi connectivity index (χ2n) is 7.35. The molecule has 11 heteroatoms. The number of nitriles is 1. The van der Waals surface area contributed by atoms with Crippen LogP contribution in [0, 0.1) is 18.3 Å². The molecule has 3 heterocycles. The maximum atomic E-state index is 13.0. The number of nitrogens with zero attached hydrogens (tertiary/aromatic N) is 5. The number of carboxylic acids is 1. The van der Waals surface area contributed by atoms with E-state index >= 15 is 0 Å². The summed E-state index contributed by atoms with van der Waals surface area (Å²) in [6.45, 7) is 6.43. The Morgan fingerprint density at radius 3 is 2.48 bits per heavy atom. The summed E-state index contributed by atoms with van der Waals surface area (Å²) in [7, 11) is 2.03. The molecule has 1 aromatic heterocycles. The third kappa shape index (κ3) is 4.37. The number of rotatable bonds is 5. The van der Waals surface area contributed by atoms with Gasteiger partial charge in [-0.15, -0.1) is 0 Å². The zero-order valence-corrected chi connectivity index (χ0v) is 19.2. The molecular formula is C20H23N5O4S2. The Balaban J connectivity index is 2.19. The first-order valence-corrected chi connectivity index (χ1v) is 11.0. The van der Waals surface area contributed by atoms with E-state index in [1.165, 1.54) is 0 Å². The standard InChI is InChI=1S/C20H23N5O4S2/c1-4-24-17(23-7-5-22(3)6-8-23)13(12(2)14(10-21)18(24)28)9-15-19(29)25(11-16(26)27)20(30)31-15/h9H,4-8,11H2,1-3H3,(H,26,27)/b15-9-. The predicted molar refractivity (Wildman–Crippen MR) is 123 cm³/mol. The highest BCUT2D eigenvalue weighted by Gasteiger charge is 2.34. The molecule has 0 atom stereocenters. The summed E-state index contributed by atoms with van der Waals surface area (Å²) in [5.41, 5.74) is 0.784. The average Bonchev–Trinajstić information content (AvgIpc) is 2.98. The Kier molecular flexibility index (Phi) is 6.83. The molecule has 2 aliphatic heterocycles. The lowest BCUT2D eigenvalue weighted by atomic mass is 10.0. The molecule has 1 amide bonds. The topological polar surface area (TPSA) is 110 Å². The predicted octanol–water partition coefficient (Wildman–Crippen LogP) is 1.09. The van der Waals surface area contributed by atoms with Crippen molar-refractivity contribution in [1.82, 2.24) is 14.4 Å². The van der Waals surface area contributed by atoms with Crippen molar-refractivity contribution in [2.24, 2.45) is 0 Å². The van der Waals surface area contributed by atoms with E-state index in [0.29, 0.717) is 36.6 Å². The molecule has 164 valence electrons. The number of amides is 1. The SMILES string of the molecule is CCn1c(N2CCN(C)CC2)c(/C=C2\SC(=S)N(CC(=O)O)C2=O)c(C)c(C#N)c1=O. The van der Waals surface area contributed by atoms with Gasteiger partial charge in [0.05, 0.1) is 4.91 Å². The number of thiocarbonyl (C=S) groups is 1. The van der Waals surface area contributed by atoms with Crippen molar-refractivity contribution < 1.29 is 14.7 Å². The van der Waals surface area contributed by atoms with Gasteiger partial charge in [0.2, 0.25) is 0 Å². The van der Waals surface area contributed by atoms with Crippen LogP contribution in [0.25, 0.3) is 6.08 Å². The van der Waals surface area contributed by atoms with Gasteiger partial charge in [-0.05, 0) is 32.5 Å². The van der Waals surface area contributed by atoms with Crippen LogP contribution in [-0.4, -0.2) is 75.4 Å². The highest BCUT2D eigenvalue weighted by Crippen LogP contribution is 2.35. The third-order valence-corrected chi connectivity index (χ3v) is 6.79. The smallest absolute Gasteiger partial charge is 0.323 e. The van der Waals surface area contributed by atoms with E-state index in [2.05, 4.69) is 9.80 Å². The van der Waals surface area contributed by atoms with Gasteiger partial charge in [-0.1, -0.05) is 24.0 Å². The summed E-state index contributed by atoms with van der Waals surface area (Å²) < 4.78 is 1.74. The Hall–Kier alpha value is -2.68. The van der Waals surface area contributed by atoms with Crippen LogP contribution in [-0.2, 0) is 16.1 Å². The second-order valence-corrected chi connectivity index (χ2v) is 9.03. The molecule has 0 radical (unpaired) electrons. The minimum absolute atomic E-state index is 0.0343. The van der Waals surface area contributed by atoms with Crippen LogP contribution >= 0.6 is 24.0 Å². The molecule has 0 aromatic carbocycles. The molecule has 3 rings (SSSR count). The van der Waals surface area contributed by atoms with E-state index in [9.17, 15) is 19.6 Å². The monoisotopic (exact) mass is 461 g/mol. The molecule has 1 N–H and O–H groups in total.